The molecule has 7 heteroatoms. The number of rotatable bonds is 4. The second-order valence-electron chi connectivity index (χ2n) is 6.73. The van der Waals surface area contributed by atoms with Crippen LogP contribution in [0.2, 0.25) is 5.02 Å². The second kappa shape index (κ2) is 8.05. The Morgan fingerprint density at radius 2 is 2.00 bits per heavy atom. The molecule has 1 aliphatic heterocycles. The fraction of sp³-hybridized carbons (Fsp3) is 0.174. The summed E-state index contributed by atoms with van der Waals surface area (Å²) in [6.07, 6.45) is 1.25. The van der Waals surface area contributed by atoms with E-state index in [4.69, 9.17) is 21.1 Å². The highest BCUT2D eigenvalue weighted by Crippen LogP contribution is 2.44. The van der Waals surface area contributed by atoms with Crippen molar-refractivity contribution in [2.75, 3.05) is 6.61 Å². The van der Waals surface area contributed by atoms with Crippen molar-refractivity contribution in [3.05, 3.63) is 86.5 Å². The molecule has 1 atom stereocenters. The van der Waals surface area contributed by atoms with E-state index in [1.54, 1.807) is 35.9 Å². The number of hydrogen-bond acceptors (Lipinski definition) is 5. The number of fused-ring (bicyclic) bond motifs is 3. The fourth-order valence-corrected chi connectivity index (χ4v) is 3.76. The summed E-state index contributed by atoms with van der Waals surface area (Å²) in [5.74, 6) is -0.138. The van der Waals surface area contributed by atoms with Gasteiger partial charge in [-0.05, 0) is 36.8 Å². The minimum Gasteiger partial charge on any atom is -0.483 e. The first-order chi connectivity index (χ1) is 14.6. The number of pyridine rings is 1. The molecule has 2 heterocycles. The molecule has 4 rings (SSSR count). The Morgan fingerprint density at radius 3 is 2.70 bits per heavy atom. The van der Waals surface area contributed by atoms with E-state index in [-0.39, 0.29) is 17.0 Å². The molecule has 0 aliphatic carbocycles. The zero-order valence-electron chi connectivity index (χ0n) is 16.4. The maximum absolute atomic E-state index is 13.4. The largest absolute Gasteiger partial charge is 0.483 e. The van der Waals surface area contributed by atoms with Crippen molar-refractivity contribution in [2.45, 2.75) is 12.8 Å². The van der Waals surface area contributed by atoms with Gasteiger partial charge in [0, 0.05) is 17.5 Å². The molecule has 6 nitrogen and oxygen atoms in total. The van der Waals surface area contributed by atoms with E-state index in [2.05, 4.69) is 11.1 Å². The maximum Gasteiger partial charge on any atom is 0.258 e. The zero-order valence-corrected chi connectivity index (χ0v) is 17.2. The molecule has 0 spiro atoms. The van der Waals surface area contributed by atoms with Gasteiger partial charge in [0.05, 0.1) is 23.6 Å². The molecule has 1 aliphatic rings. The number of aliphatic imine (C=N–C) groups is 1. The van der Waals surface area contributed by atoms with Crippen LogP contribution in [0, 0.1) is 11.3 Å². The number of benzene rings is 2. The van der Waals surface area contributed by atoms with Crippen molar-refractivity contribution in [3.63, 3.8) is 0 Å². The van der Waals surface area contributed by atoms with Crippen molar-refractivity contribution in [1.82, 2.24) is 4.57 Å². The van der Waals surface area contributed by atoms with E-state index >= 15 is 0 Å². The van der Waals surface area contributed by atoms with E-state index in [1.807, 2.05) is 31.2 Å². The summed E-state index contributed by atoms with van der Waals surface area (Å²) in [6, 6.07) is 16.7. The molecule has 0 saturated heterocycles. The third-order valence-corrected chi connectivity index (χ3v) is 5.28. The monoisotopic (exact) mass is 419 g/mol. The number of allylic oxidation sites excluding steroid dienone is 1. The van der Waals surface area contributed by atoms with Gasteiger partial charge < -0.3 is 14.0 Å². The molecule has 0 radical (unpaired) electrons. The third kappa shape index (κ3) is 3.23. The number of para-hydroxylation sites is 1. The molecule has 150 valence electrons. The van der Waals surface area contributed by atoms with Gasteiger partial charge in [0.1, 0.15) is 17.4 Å². The number of nitriles is 1. The van der Waals surface area contributed by atoms with E-state index in [0.29, 0.717) is 22.9 Å². The van der Waals surface area contributed by atoms with Crippen molar-refractivity contribution >= 4 is 28.9 Å². The summed E-state index contributed by atoms with van der Waals surface area (Å²) in [7, 11) is 1.71. The van der Waals surface area contributed by atoms with Gasteiger partial charge in [-0.3, -0.25) is 4.79 Å². The molecule has 30 heavy (non-hydrogen) atoms. The molecular formula is C23H18ClN3O3. The first kappa shape index (κ1) is 19.7. The lowest BCUT2D eigenvalue weighted by Crippen LogP contribution is -2.29. The summed E-state index contributed by atoms with van der Waals surface area (Å²) in [5, 5.41) is 11.3. The minimum absolute atomic E-state index is 0.108. The molecular weight excluding hydrogens is 402 g/mol. The van der Waals surface area contributed by atoms with Crippen LogP contribution in [0.4, 0.5) is 0 Å². The summed E-state index contributed by atoms with van der Waals surface area (Å²) < 4.78 is 12.8. The minimum atomic E-state index is -0.645. The van der Waals surface area contributed by atoms with Crippen molar-refractivity contribution in [1.29, 1.82) is 5.26 Å². The van der Waals surface area contributed by atoms with Crippen molar-refractivity contribution in [3.8, 4) is 11.8 Å². The lowest BCUT2D eigenvalue weighted by Gasteiger charge is -2.27. The number of aromatic nitrogens is 1. The van der Waals surface area contributed by atoms with E-state index in [1.165, 1.54) is 6.40 Å². The SMILES string of the molecule is CCO/C=N/C1=C(C#N)C(c2ccc(Cl)cc2)c2c(c3ccccc3n(C)c2=O)O1. The van der Waals surface area contributed by atoms with Crippen LogP contribution < -0.4 is 10.3 Å². The van der Waals surface area contributed by atoms with Gasteiger partial charge in [0.15, 0.2) is 6.40 Å². The Labute approximate surface area is 178 Å². The Hall–Kier alpha value is -3.56. The molecule has 0 fully saturated rings. The quantitative estimate of drug-likeness (QED) is 0.460. The highest BCUT2D eigenvalue weighted by Gasteiger charge is 2.36. The molecule has 0 N–H and O–H groups in total. The molecule has 1 unspecified atom stereocenters. The first-order valence-corrected chi connectivity index (χ1v) is 9.78. The number of nitrogens with zero attached hydrogens (tertiary/aromatic N) is 3. The van der Waals surface area contributed by atoms with Gasteiger partial charge in [0.2, 0.25) is 5.88 Å². The average molecular weight is 420 g/mol. The van der Waals surface area contributed by atoms with Crippen LogP contribution in [0.1, 0.15) is 24.0 Å². The Balaban J connectivity index is 2.07. The van der Waals surface area contributed by atoms with Crippen LogP contribution in [0.25, 0.3) is 10.9 Å². The van der Waals surface area contributed by atoms with Crippen molar-refractivity contribution < 1.29 is 9.47 Å². The van der Waals surface area contributed by atoms with Crippen LogP contribution in [0.15, 0.2) is 69.8 Å². The topological polar surface area (TPSA) is 76.6 Å². The van der Waals surface area contributed by atoms with Crippen LogP contribution >= 0.6 is 11.6 Å². The number of aryl methyl sites for hydroxylation is 1. The number of ether oxygens (including phenoxy) is 2. The van der Waals surface area contributed by atoms with Crippen LogP contribution in [-0.4, -0.2) is 17.6 Å². The highest BCUT2D eigenvalue weighted by atomic mass is 35.5. The normalized spacial score (nSPS) is 15.7. The fourth-order valence-electron chi connectivity index (χ4n) is 3.63. The smallest absolute Gasteiger partial charge is 0.258 e. The predicted octanol–water partition coefficient (Wildman–Crippen LogP) is 4.52. The highest BCUT2D eigenvalue weighted by molar-refractivity contribution is 6.30. The molecule has 0 bridgehead atoms. The second-order valence-corrected chi connectivity index (χ2v) is 7.17. The lowest BCUT2D eigenvalue weighted by atomic mass is 9.83. The average Bonchev–Trinajstić information content (AvgIpc) is 2.77. The van der Waals surface area contributed by atoms with E-state index < -0.39 is 5.92 Å². The molecule has 0 saturated carbocycles. The van der Waals surface area contributed by atoms with Gasteiger partial charge in [-0.25, -0.2) is 0 Å². The molecule has 0 amide bonds. The van der Waals surface area contributed by atoms with Crippen LogP contribution in [-0.2, 0) is 11.8 Å². The van der Waals surface area contributed by atoms with Gasteiger partial charge >= 0.3 is 0 Å². The van der Waals surface area contributed by atoms with Gasteiger partial charge in [-0.2, -0.15) is 10.3 Å². The Bertz CT molecular complexity index is 1280. The van der Waals surface area contributed by atoms with E-state index in [9.17, 15) is 10.1 Å². The molecule has 1 aromatic heterocycles. The van der Waals surface area contributed by atoms with Gasteiger partial charge in [-0.1, -0.05) is 35.9 Å². The maximum atomic E-state index is 13.4. The third-order valence-electron chi connectivity index (χ3n) is 5.03. The lowest BCUT2D eigenvalue weighted by molar-refractivity contribution is 0.336. The summed E-state index contributed by atoms with van der Waals surface area (Å²) in [4.78, 5) is 17.6. The summed E-state index contributed by atoms with van der Waals surface area (Å²) in [5.41, 5.74) is 1.87. The van der Waals surface area contributed by atoms with Crippen LogP contribution in [0.3, 0.4) is 0 Å². The van der Waals surface area contributed by atoms with Gasteiger partial charge in [-0.15, -0.1) is 0 Å². The Morgan fingerprint density at radius 1 is 1.27 bits per heavy atom. The zero-order chi connectivity index (χ0) is 21.3. The summed E-state index contributed by atoms with van der Waals surface area (Å²) in [6.45, 7) is 2.26. The van der Waals surface area contributed by atoms with Crippen molar-refractivity contribution in [2.24, 2.45) is 12.0 Å². The van der Waals surface area contributed by atoms with Gasteiger partial charge in [0.25, 0.3) is 5.56 Å². The molecule has 2 aromatic carbocycles. The van der Waals surface area contributed by atoms with Crippen LogP contribution in [0.5, 0.6) is 5.75 Å². The molecule has 3 aromatic rings. The number of halogens is 1. The first-order valence-electron chi connectivity index (χ1n) is 9.40. The van der Waals surface area contributed by atoms with E-state index in [0.717, 1.165) is 16.5 Å². The standard InChI is InChI=1S/C23H18ClN3O3/c1-3-29-13-26-22-17(12-25)19(14-8-10-15(24)11-9-14)20-21(30-22)16-6-4-5-7-18(16)27(2)23(20)28/h4-11,13,19H,3H2,1-2H3/b26-13+. The Kier molecular flexibility index (Phi) is 5.30. The predicted molar refractivity (Wildman–Crippen MR) is 116 cm³/mol. The number of hydrogen-bond donors (Lipinski definition) is 0. The summed E-state index contributed by atoms with van der Waals surface area (Å²) >= 11 is 6.06.